The molecule has 1 aromatic carbocycles. The molecular weight excluding hydrogens is 362 g/mol. The predicted molar refractivity (Wildman–Crippen MR) is 101 cm³/mol. The van der Waals surface area contributed by atoms with Gasteiger partial charge in [-0.25, -0.2) is 8.42 Å². The van der Waals surface area contributed by atoms with Crippen LogP contribution in [0.15, 0.2) is 53.7 Å². The Kier molecular flexibility index (Phi) is 4.52. The van der Waals surface area contributed by atoms with Gasteiger partial charge in [-0.15, -0.1) is 0 Å². The first-order valence-corrected chi connectivity index (χ1v) is 10.6. The average molecular weight is 385 g/mol. The van der Waals surface area contributed by atoms with Crippen LogP contribution in [0, 0.1) is 18.3 Å². The van der Waals surface area contributed by atoms with E-state index in [1.807, 2.05) is 31.2 Å². The van der Waals surface area contributed by atoms with Crippen molar-refractivity contribution in [2.24, 2.45) is 11.3 Å². The van der Waals surface area contributed by atoms with Crippen molar-refractivity contribution in [1.29, 1.82) is 0 Å². The van der Waals surface area contributed by atoms with Crippen molar-refractivity contribution in [1.82, 2.24) is 14.6 Å². The van der Waals surface area contributed by atoms with E-state index in [1.165, 1.54) is 4.31 Å². The lowest BCUT2D eigenvalue weighted by molar-refractivity contribution is -0.123. The smallest absolute Gasteiger partial charge is 0.243 e. The second-order valence-corrected chi connectivity index (χ2v) is 9.53. The van der Waals surface area contributed by atoms with E-state index in [2.05, 4.69) is 10.3 Å². The molecule has 6 nitrogen and oxygen atoms in total. The Morgan fingerprint density at radius 2 is 1.93 bits per heavy atom. The normalized spacial score (nSPS) is 24.9. The molecule has 0 bridgehead atoms. The van der Waals surface area contributed by atoms with Gasteiger partial charge in [0.05, 0.1) is 4.90 Å². The summed E-state index contributed by atoms with van der Waals surface area (Å²) >= 11 is 0. The molecule has 1 saturated heterocycles. The van der Waals surface area contributed by atoms with Crippen LogP contribution in [0.3, 0.4) is 0 Å². The Balaban J connectivity index is 1.38. The lowest BCUT2D eigenvalue weighted by Crippen LogP contribution is -2.31. The molecule has 4 rings (SSSR count). The lowest BCUT2D eigenvalue weighted by Gasteiger charge is -2.17. The summed E-state index contributed by atoms with van der Waals surface area (Å²) in [6.07, 6.45) is 4.90. The van der Waals surface area contributed by atoms with E-state index in [0.29, 0.717) is 24.5 Å². The maximum Gasteiger partial charge on any atom is 0.243 e. The first kappa shape index (κ1) is 18.1. The molecule has 2 heterocycles. The molecule has 2 atom stereocenters. The minimum absolute atomic E-state index is 0.0152. The van der Waals surface area contributed by atoms with Crippen LogP contribution in [-0.4, -0.2) is 36.7 Å². The summed E-state index contributed by atoms with van der Waals surface area (Å²) in [7, 11) is -3.50. The van der Waals surface area contributed by atoms with E-state index in [-0.39, 0.29) is 17.2 Å². The monoisotopic (exact) mass is 385 g/mol. The number of nitrogens with zero attached hydrogens (tertiary/aromatic N) is 2. The number of hydrogen-bond donors (Lipinski definition) is 1. The number of aromatic nitrogens is 1. The standard InChI is InChI=1S/C20H23N3O3S/c1-15-2-4-17(5-3-15)27(25,26)23-11-8-20(14-23)12-18(20)19(24)22-13-16-6-9-21-10-7-16/h2-7,9-10,18H,8,11-14H2,1H3,(H,22,24)/t18-,20-/m0/s1. The zero-order chi connectivity index (χ0) is 19.1. The van der Waals surface area contributed by atoms with Crippen LogP contribution in [0.25, 0.3) is 0 Å². The van der Waals surface area contributed by atoms with Crippen LogP contribution in [0.4, 0.5) is 0 Å². The van der Waals surface area contributed by atoms with Gasteiger partial charge in [-0.2, -0.15) is 4.31 Å². The number of benzene rings is 1. The van der Waals surface area contributed by atoms with Crippen molar-refractivity contribution in [3.05, 3.63) is 59.9 Å². The number of sulfonamides is 1. The van der Waals surface area contributed by atoms with Gasteiger partial charge < -0.3 is 5.32 Å². The van der Waals surface area contributed by atoms with E-state index < -0.39 is 10.0 Å². The molecule has 1 aromatic heterocycles. The van der Waals surface area contributed by atoms with Crippen LogP contribution in [0.2, 0.25) is 0 Å². The molecule has 1 aliphatic carbocycles. The summed E-state index contributed by atoms with van der Waals surface area (Å²) in [6.45, 7) is 3.31. The molecule has 0 radical (unpaired) electrons. The molecule has 7 heteroatoms. The Morgan fingerprint density at radius 3 is 2.63 bits per heavy atom. The number of hydrogen-bond acceptors (Lipinski definition) is 4. The molecule has 1 N–H and O–H groups in total. The second-order valence-electron chi connectivity index (χ2n) is 7.59. The first-order valence-electron chi connectivity index (χ1n) is 9.14. The van der Waals surface area contributed by atoms with E-state index in [4.69, 9.17) is 0 Å². The third kappa shape index (κ3) is 3.49. The minimum Gasteiger partial charge on any atom is -0.352 e. The fourth-order valence-electron chi connectivity index (χ4n) is 3.90. The van der Waals surface area contributed by atoms with Crippen molar-refractivity contribution < 1.29 is 13.2 Å². The van der Waals surface area contributed by atoms with Gasteiger partial charge in [-0.1, -0.05) is 17.7 Å². The summed E-state index contributed by atoms with van der Waals surface area (Å²) in [6, 6.07) is 10.7. The number of amides is 1. The molecule has 1 spiro atoms. The third-order valence-electron chi connectivity index (χ3n) is 5.73. The number of carbonyl (C=O) groups excluding carboxylic acids is 1. The van der Waals surface area contributed by atoms with E-state index in [9.17, 15) is 13.2 Å². The third-order valence-corrected chi connectivity index (χ3v) is 7.59. The van der Waals surface area contributed by atoms with Crippen LogP contribution < -0.4 is 5.32 Å². The van der Waals surface area contributed by atoms with Gasteiger partial charge in [-0.3, -0.25) is 9.78 Å². The maximum atomic E-state index is 12.9. The van der Waals surface area contributed by atoms with Gasteiger partial charge in [0.2, 0.25) is 15.9 Å². The summed E-state index contributed by atoms with van der Waals surface area (Å²) < 4.78 is 27.3. The quantitative estimate of drug-likeness (QED) is 0.855. The number of nitrogens with one attached hydrogen (secondary N) is 1. The zero-order valence-electron chi connectivity index (χ0n) is 15.3. The summed E-state index contributed by atoms with van der Waals surface area (Å²) in [5.74, 6) is -0.0843. The van der Waals surface area contributed by atoms with Gasteiger partial charge in [0.1, 0.15) is 0 Å². The highest BCUT2D eigenvalue weighted by atomic mass is 32.2. The minimum atomic E-state index is -3.50. The van der Waals surface area contributed by atoms with Gasteiger partial charge in [0.15, 0.2) is 0 Å². The average Bonchev–Trinajstić information content (AvgIpc) is 3.20. The zero-order valence-corrected chi connectivity index (χ0v) is 16.1. The van der Waals surface area contributed by atoms with Crippen molar-refractivity contribution in [2.45, 2.75) is 31.2 Å². The van der Waals surface area contributed by atoms with Crippen molar-refractivity contribution >= 4 is 15.9 Å². The summed E-state index contributed by atoms with van der Waals surface area (Å²) in [5.41, 5.74) is 1.84. The molecule has 142 valence electrons. The molecular formula is C20H23N3O3S. The number of rotatable bonds is 5. The Labute approximate surface area is 159 Å². The lowest BCUT2D eigenvalue weighted by atomic mass is 10.0. The van der Waals surface area contributed by atoms with Gasteiger partial charge in [0.25, 0.3) is 0 Å². The summed E-state index contributed by atoms with van der Waals surface area (Å²) in [5, 5.41) is 2.97. The summed E-state index contributed by atoms with van der Waals surface area (Å²) in [4.78, 5) is 16.8. The Hall–Kier alpha value is -2.25. The van der Waals surface area contributed by atoms with Crippen molar-refractivity contribution in [3.63, 3.8) is 0 Å². The van der Waals surface area contributed by atoms with E-state index in [1.54, 1.807) is 24.5 Å². The molecule has 2 fully saturated rings. The Morgan fingerprint density at radius 1 is 1.22 bits per heavy atom. The Bertz CT molecular complexity index is 944. The fourth-order valence-corrected chi connectivity index (χ4v) is 5.44. The largest absolute Gasteiger partial charge is 0.352 e. The highest BCUT2D eigenvalue weighted by molar-refractivity contribution is 7.89. The van der Waals surface area contributed by atoms with E-state index in [0.717, 1.165) is 24.0 Å². The van der Waals surface area contributed by atoms with Gasteiger partial charge in [0, 0.05) is 37.9 Å². The van der Waals surface area contributed by atoms with Crippen LogP contribution in [-0.2, 0) is 21.4 Å². The number of carbonyl (C=O) groups is 1. The number of aryl methyl sites for hydroxylation is 1. The molecule has 27 heavy (non-hydrogen) atoms. The van der Waals surface area contributed by atoms with Crippen LogP contribution in [0.5, 0.6) is 0 Å². The van der Waals surface area contributed by atoms with E-state index >= 15 is 0 Å². The highest BCUT2D eigenvalue weighted by Gasteiger charge is 2.62. The first-order chi connectivity index (χ1) is 12.9. The van der Waals surface area contributed by atoms with Crippen LogP contribution >= 0.6 is 0 Å². The maximum absolute atomic E-state index is 12.9. The second kappa shape index (κ2) is 6.73. The van der Waals surface area contributed by atoms with Crippen molar-refractivity contribution in [3.8, 4) is 0 Å². The predicted octanol–water partition coefficient (Wildman–Crippen LogP) is 2.11. The van der Waals surface area contributed by atoms with Crippen molar-refractivity contribution in [2.75, 3.05) is 13.1 Å². The fraction of sp³-hybridized carbons (Fsp3) is 0.400. The number of pyridine rings is 1. The topological polar surface area (TPSA) is 79.4 Å². The van der Waals surface area contributed by atoms with Gasteiger partial charge in [-0.05, 0) is 55.0 Å². The molecule has 1 saturated carbocycles. The van der Waals surface area contributed by atoms with Crippen LogP contribution in [0.1, 0.15) is 24.0 Å². The molecule has 2 aliphatic rings. The van der Waals surface area contributed by atoms with Gasteiger partial charge >= 0.3 is 0 Å². The highest BCUT2D eigenvalue weighted by Crippen LogP contribution is 2.59. The molecule has 1 aliphatic heterocycles. The SMILES string of the molecule is Cc1ccc(S(=O)(=O)N2CC[C@]3(C[C@H]3C(=O)NCc3ccncc3)C2)cc1. The molecule has 0 unspecified atom stereocenters. The molecule has 2 aromatic rings. The molecule has 1 amide bonds.